The van der Waals surface area contributed by atoms with Crippen molar-refractivity contribution in [1.29, 1.82) is 0 Å². The van der Waals surface area contributed by atoms with E-state index < -0.39 is 17.5 Å². The molecule has 1 fully saturated rings. The van der Waals surface area contributed by atoms with Crippen LogP contribution in [0.25, 0.3) is 0 Å². The standard InChI is InChI=1S/C13H20N2O4/c16-11(17)13(6-8-19-9-13)15-12(18)14-7-5-10-3-1-2-4-10/h3H,1-2,4-9H2,(H,16,17)(H2,14,15,18). The number of ether oxygens (including phenoxy) is 1. The van der Waals surface area contributed by atoms with Crippen molar-refractivity contribution in [2.24, 2.45) is 0 Å². The van der Waals surface area contributed by atoms with E-state index in [0.29, 0.717) is 19.6 Å². The normalized spacial score (nSPS) is 26.0. The number of carboxylic acid groups (broad SMARTS) is 1. The molecule has 0 saturated carbocycles. The van der Waals surface area contributed by atoms with Gasteiger partial charge in [0.05, 0.1) is 6.61 Å². The lowest BCUT2D eigenvalue weighted by atomic mass is 9.99. The molecule has 0 bridgehead atoms. The fourth-order valence-corrected chi connectivity index (χ4v) is 2.45. The van der Waals surface area contributed by atoms with E-state index in [1.807, 2.05) is 0 Å². The van der Waals surface area contributed by atoms with Crippen LogP contribution in [0.1, 0.15) is 32.1 Å². The molecule has 0 radical (unpaired) electrons. The highest BCUT2D eigenvalue weighted by Crippen LogP contribution is 2.20. The summed E-state index contributed by atoms with van der Waals surface area (Å²) in [4.78, 5) is 22.9. The lowest BCUT2D eigenvalue weighted by Crippen LogP contribution is -2.57. The summed E-state index contributed by atoms with van der Waals surface area (Å²) >= 11 is 0. The van der Waals surface area contributed by atoms with Crippen LogP contribution >= 0.6 is 0 Å². The molecule has 106 valence electrons. The summed E-state index contributed by atoms with van der Waals surface area (Å²) in [7, 11) is 0. The van der Waals surface area contributed by atoms with E-state index in [4.69, 9.17) is 4.74 Å². The number of allylic oxidation sites excluding steroid dienone is 1. The van der Waals surface area contributed by atoms with Crippen molar-refractivity contribution in [3.05, 3.63) is 11.6 Å². The smallest absolute Gasteiger partial charge is 0.332 e. The second kappa shape index (κ2) is 6.06. The van der Waals surface area contributed by atoms with Crippen LogP contribution in [0.2, 0.25) is 0 Å². The zero-order valence-electron chi connectivity index (χ0n) is 10.9. The lowest BCUT2D eigenvalue weighted by molar-refractivity contribution is -0.144. The first-order valence-corrected chi connectivity index (χ1v) is 6.67. The van der Waals surface area contributed by atoms with E-state index >= 15 is 0 Å². The Hall–Kier alpha value is -1.56. The summed E-state index contributed by atoms with van der Waals surface area (Å²) in [5.74, 6) is -1.04. The van der Waals surface area contributed by atoms with E-state index in [1.54, 1.807) is 0 Å². The van der Waals surface area contributed by atoms with Gasteiger partial charge in [0.25, 0.3) is 0 Å². The zero-order chi connectivity index (χ0) is 13.7. The second-order valence-electron chi connectivity index (χ2n) is 5.08. The Morgan fingerprint density at radius 2 is 2.32 bits per heavy atom. The third-order valence-electron chi connectivity index (χ3n) is 3.65. The van der Waals surface area contributed by atoms with Gasteiger partial charge in [-0.3, -0.25) is 0 Å². The molecule has 0 aromatic rings. The molecule has 6 nitrogen and oxygen atoms in total. The van der Waals surface area contributed by atoms with Gasteiger partial charge in [-0.15, -0.1) is 0 Å². The molecule has 1 aliphatic carbocycles. The van der Waals surface area contributed by atoms with Crippen LogP contribution in [0, 0.1) is 0 Å². The van der Waals surface area contributed by atoms with Crippen molar-refractivity contribution in [2.45, 2.75) is 37.6 Å². The second-order valence-corrected chi connectivity index (χ2v) is 5.08. The molecule has 1 aliphatic heterocycles. The van der Waals surface area contributed by atoms with Crippen LogP contribution in [0.4, 0.5) is 4.79 Å². The van der Waals surface area contributed by atoms with Crippen molar-refractivity contribution < 1.29 is 19.4 Å². The fourth-order valence-electron chi connectivity index (χ4n) is 2.45. The summed E-state index contributed by atoms with van der Waals surface area (Å²) in [6, 6.07) is -0.438. The minimum absolute atomic E-state index is 0.0287. The highest BCUT2D eigenvalue weighted by atomic mass is 16.5. The number of urea groups is 1. The molecule has 1 heterocycles. The Morgan fingerprint density at radius 3 is 2.89 bits per heavy atom. The Morgan fingerprint density at radius 1 is 1.47 bits per heavy atom. The van der Waals surface area contributed by atoms with E-state index in [0.717, 1.165) is 19.3 Å². The molecular weight excluding hydrogens is 248 g/mol. The SMILES string of the molecule is O=C(NCCC1=CCCC1)NC1(C(=O)O)CCOC1. The number of aliphatic carboxylic acids is 1. The van der Waals surface area contributed by atoms with Crippen molar-refractivity contribution in [2.75, 3.05) is 19.8 Å². The van der Waals surface area contributed by atoms with E-state index in [1.165, 1.54) is 12.0 Å². The molecule has 1 atom stereocenters. The quantitative estimate of drug-likeness (QED) is 0.650. The third-order valence-corrected chi connectivity index (χ3v) is 3.65. The van der Waals surface area contributed by atoms with Crippen LogP contribution < -0.4 is 10.6 Å². The van der Waals surface area contributed by atoms with Crippen LogP contribution in [-0.2, 0) is 9.53 Å². The van der Waals surface area contributed by atoms with Gasteiger partial charge in [-0.05, 0) is 25.7 Å². The first-order chi connectivity index (χ1) is 9.12. The van der Waals surface area contributed by atoms with Crippen molar-refractivity contribution >= 4 is 12.0 Å². The fraction of sp³-hybridized carbons (Fsp3) is 0.692. The van der Waals surface area contributed by atoms with Gasteiger partial charge in [-0.2, -0.15) is 0 Å². The largest absolute Gasteiger partial charge is 0.479 e. The maximum absolute atomic E-state index is 11.7. The summed E-state index contributed by atoms with van der Waals surface area (Å²) in [6.07, 6.45) is 6.78. The number of carbonyl (C=O) groups excluding carboxylic acids is 1. The number of rotatable bonds is 5. The van der Waals surface area contributed by atoms with Gasteiger partial charge < -0.3 is 20.5 Å². The summed E-state index contributed by atoms with van der Waals surface area (Å²) in [5.41, 5.74) is 0.105. The predicted molar refractivity (Wildman–Crippen MR) is 68.9 cm³/mol. The molecule has 0 spiro atoms. The minimum Gasteiger partial charge on any atom is -0.479 e. The number of carbonyl (C=O) groups is 2. The highest BCUT2D eigenvalue weighted by molar-refractivity contribution is 5.86. The number of amides is 2. The molecule has 19 heavy (non-hydrogen) atoms. The van der Waals surface area contributed by atoms with Gasteiger partial charge >= 0.3 is 12.0 Å². The van der Waals surface area contributed by atoms with Crippen LogP contribution in [0.3, 0.4) is 0 Å². The number of nitrogens with one attached hydrogen (secondary N) is 2. The Bertz CT molecular complexity index is 386. The Kier molecular flexibility index (Phi) is 4.42. The number of hydrogen-bond donors (Lipinski definition) is 3. The topological polar surface area (TPSA) is 87.7 Å². The van der Waals surface area contributed by atoms with Gasteiger partial charge in [0.2, 0.25) is 0 Å². The lowest BCUT2D eigenvalue weighted by Gasteiger charge is -2.23. The van der Waals surface area contributed by atoms with Crippen LogP contribution in [-0.4, -0.2) is 42.4 Å². The van der Waals surface area contributed by atoms with Gasteiger partial charge in [0, 0.05) is 19.6 Å². The van der Waals surface area contributed by atoms with E-state index in [9.17, 15) is 14.7 Å². The molecule has 0 aromatic carbocycles. The maximum atomic E-state index is 11.7. The highest BCUT2D eigenvalue weighted by Gasteiger charge is 2.43. The minimum atomic E-state index is -1.27. The molecule has 6 heteroatoms. The summed E-state index contributed by atoms with van der Waals surface area (Å²) < 4.78 is 5.08. The third kappa shape index (κ3) is 3.47. The summed E-state index contributed by atoms with van der Waals surface area (Å²) in [6.45, 7) is 0.925. The van der Waals surface area contributed by atoms with E-state index in [2.05, 4.69) is 16.7 Å². The summed E-state index contributed by atoms with van der Waals surface area (Å²) in [5, 5.41) is 14.4. The first-order valence-electron chi connectivity index (χ1n) is 6.67. The molecule has 3 N–H and O–H groups in total. The van der Waals surface area contributed by atoms with Gasteiger partial charge in [-0.1, -0.05) is 11.6 Å². The average Bonchev–Trinajstić information content (AvgIpc) is 3.00. The Labute approximate surface area is 112 Å². The first kappa shape index (κ1) is 13.9. The predicted octanol–water partition coefficient (Wildman–Crippen LogP) is 1.03. The molecule has 2 amide bonds. The van der Waals surface area contributed by atoms with Crippen LogP contribution in [0.5, 0.6) is 0 Å². The maximum Gasteiger partial charge on any atom is 0.332 e. The molecule has 2 aliphatic rings. The molecule has 2 rings (SSSR count). The molecule has 0 aromatic heterocycles. The van der Waals surface area contributed by atoms with Crippen molar-refractivity contribution in [1.82, 2.24) is 10.6 Å². The van der Waals surface area contributed by atoms with Crippen molar-refractivity contribution in [3.8, 4) is 0 Å². The van der Waals surface area contributed by atoms with Crippen LogP contribution in [0.15, 0.2) is 11.6 Å². The van der Waals surface area contributed by atoms with Gasteiger partial charge in [0.1, 0.15) is 0 Å². The van der Waals surface area contributed by atoms with Gasteiger partial charge in [-0.25, -0.2) is 9.59 Å². The molecule has 1 unspecified atom stereocenters. The Balaban J connectivity index is 1.75. The van der Waals surface area contributed by atoms with Crippen molar-refractivity contribution in [3.63, 3.8) is 0 Å². The average molecular weight is 268 g/mol. The molecular formula is C13H20N2O4. The zero-order valence-corrected chi connectivity index (χ0v) is 10.9. The number of carboxylic acids is 1. The molecule has 1 saturated heterocycles. The van der Waals surface area contributed by atoms with E-state index in [-0.39, 0.29) is 6.61 Å². The monoisotopic (exact) mass is 268 g/mol. The van der Waals surface area contributed by atoms with Gasteiger partial charge in [0.15, 0.2) is 5.54 Å². The number of hydrogen-bond acceptors (Lipinski definition) is 3.